The number of carbonyl (C=O) groups excluding carboxylic acids is 1. The predicted molar refractivity (Wildman–Crippen MR) is 59.7 cm³/mol. The fraction of sp³-hybridized carbons (Fsp3) is 0.727. The van der Waals surface area contributed by atoms with Crippen molar-refractivity contribution in [2.45, 2.75) is 32.5 Å². The Morgan fingerprint density at radius 2 is 2.12 bits per heavy atom. The Morgan fingerprint density at radius 3 is 2.50 bits per heavy atom. The van der Waals surface area contributed by atoms with E-state index < -0.39 is 24.4 Å². The monoisotopic (exact) mass is 229 g/mol. The van der Waals surface area contributed by atoms with E-state index in [1.165, 1.54) is 4.90 Å². The molecule has 5 nitrogen and oxygen atoms in total. The van der Waals surface area contributed by atoms with Gasteiger partial charge >= 0.3 is 6.09 Å². The summed E-state index contributed by atoms with van der Waals surface area (Å²) in [5.41, 5.74) is -0.617. The Balaban J connectivity index is 4.42. The van der Waals surface area contributed by atoms with E-state index in [1.807, 2.05) is 0 Å². The van der Waals surface area contributed by atoms with Crippen molar-refractivity contribution in [2.75, 3.05) is 19.7 Å². The number of rotatable bonds is 4. The Hall–Kier alpha value is -1.25. The molecule has 1 atom stereocenters. The van der Waals surface area contributed by atoms with Gasteiger partial charge in [0.15, 0.2) is 0 Å². The lowest BCUT2D eigenvalue weighted by atomic mass is 10.2. The topological polar surface area (TPSA) is 70.0 Å². The molecule has 0 bridgehead atoms. The van der Waals surface area contributed by atoms with E-state index in [4.69, 9.17) is 16.3 Å². The molecule has 0 fully saturated rings. The molecule has 2 N–H and O–H groups in total. The molecule has 0 aromatic rings. The van der Waals surface area contributed by atoms with E-state index in [2.05, 4.69) is 5.92 Å². The summed E-state index contributed by atoms with van der Waals surface area (Å²) in [6, 6.07) is 0. The van der Waals surface area contributed by atoms with Gasteiger partial charge in [-0.1, -0.05) is 5.92 Å². The lowest BCUT2D eigenvalue weighted by Crippen LogP contribution is -2.42. The molecule has 0 aliphatic carbocycles. The maximum absolute atomic E-state index is 11.6. The first-order valence-corrected chi connectivity index (χ1v) is 5.00. The summed E-state index contributed by atoms with van der Waals surface area (Å²) in [6.07, 6.45) is 3.49. The predicted octanol–water partition coefficient (Wildman–Crippen LogP) is 0.210. The summed E-state index contributed by atoms with van der Waals surface area (Å²) in [5.74, 6) is 2.30. The number of aliphatic hydroxyl groups excluding tert-OH is 2. The average molecular weight is 229 g/mol. The number of ether oxygens (including phenoxy) is 1. The minimum absolute atomic E-state index is 0.0337. The van der Waals surface area contributed by atoms with E-state index in [0.717, 1.165) is 0 Å². The zero-order chi connectivity index (χ0) is 12.8. The van der Waals surface area contributed by atoms with Crippen LogP contribution in [0.2, 0.25) is 0 Å². The third-order valence-corrected chi connectivity index (χ3v) is 1.58. The molecule has 0 spiro atoms. The van der Waals surface area contributed by atoms with Crippen LogP contribution < -0.4 is 0 Å². The van der Waals surface area contributed by atoms with Gasteiger partial charge in [0.25, 0.3) is 0 Å². The second-order valence-electron chi connectivity index (χ2n) is 4.40. The zero-order valence-electron chi connectivity index (χ0n) is 9.93. The highest BCUT2D eigenvalue weighted by atomic mass is 16.6. The van der Waals surface area contributed by atoms with Gasteiger partial charge in [-0.3, -0.25) is 4.90 Å². The highest BCUT2D eigenvalue weighted by Crippen LogP contribution is 2.10. The average Bonchev–Trinajstić information content (AvgIpc) is 2.14. The van der Waals surface area contributed by atoms with Gasteiger partial charge in [-0.15, -0.1) is 6.42 Å². The summed E-state index contributed by atoms with van der Waals surface area (Å²) >= 11 is 0. The maximum Gasteiger partial charge on any atom is 0.411 e. The summed E-state index contributed by atoms with van der Waals surface area (Å²) < 4.78 is 5.10. The van der Waals surface area contributed by atoms with Gasteiger partial charge < -0.3 is 14.9 Å². The molecule has 0 aliphatic rings. The summed E-state index contributed by atoms with van der Waals surface area (Å²) in [5, 5.41) is 17.9. The van der Waals surface area contributed by atoms with Crippen molar-refractivity contribution in [1.29, 1.82) is 0 Å². The molecule has 0 rings (SSSR count). The highest BCUT2D eigenvalue weighted by molar-refractivity contribution is 5.68. The van der Waals surface area contributed by atoms with Crippen molar-refractivity contribution in [3.05, 3.63) is 0 Å². The number of nitrogens with zero attached hydrogens (tertiary/aromatic N) is 1. The molecule has 0 saturated carbocycles. The second kappa shape index (κ2) is 6.36. The fourth-order valence-electron chi connectivity index (χ4n) is 0.952. The van der Waals surface area contributed by atoms with Crippen LogP contribution in [0.15, 0.2) is 0 Å². The summed E-state index contributed by atoms with van der Waals surface area (Å²) in [4.78, 5) is 12.8. The third-order valence-electron chi connectivity index (χ3n) is 1.58. The number of amides is 1. The molecular weight excluding hydrogens is 210 g/mol. The quantitative estimate of drug-likeness (QED) is 0.676. The van der Waals surface area contributed by atoms with Gasteiger partial charge in [0, 0.05) is 0 Å². The second-order valence-corrected chi connectivity index (χ2v) is 4.40. The Labute approximate surface area is 96.0 Å². The standard InChI is InChI=1S/C11H19NO4/c1-5-6-12(7-9(14)8-13)10(15)16-11(2,3)4/h1,9,13-14H,6-8H2,2-4H3/t9-/m0/s1. The van der Waals surface area contributed by atoms with Crippen LogP contribution in [0.4, 0.5) is 4.79 Å². The van der Waals surface area contributed by atoms with E-state index >= 15 is 0 Å². The van der Waals surface area contributed by atoms with E-state index in [0.29, 0.717) is 0 Å². The molecular formula is C11H19NO4. The minimum atomic E-state index is -1.01. The van der Waals surface area contributed by atoms with Crippen LogP contribution in [0, 0.1) is 12.3 Å². The normalized spacial score (nSPS) is 12.8. The van der Waals surface area contributed by atoms with Crippen LogP contribution in [0.5, 0.6) is 0 Å². The Bertz CT molecular complexity index is 264. The molecule has 16 heavy (non-hydrogen) atoms. The van der Waals surface area contributed by atoms with Gasteiger partial charge in [-0.05, 0) is 20.8 Å². The first kappa shape index (κ1) is 14.8. The third kappa shape index (κ3) is 6.27. The van der Waals surface area contributed by atoms with E-state index in [-0.39, 0.29) is 13.1 Å². The van der Waals surface area contributed by atoms with Crippen molar-refractivity contribution in [1.82, 2.24) is 4.90 Å². The van der Waals surface area contributed by atoms with Crippen molar-refractivity contribution in [2.24, 2.45) is 0 Å². The van der Waals surface area contributed by atoms with Crippen LogP contribution >= 0.6 is 0 Å². The number of hydrogen-bond acceptors (Lipinski definition) is 4. The van der Waals surface area contributed by atoms with Gasteiger partial charge in [0.1, 0.15) is 5.60 Å². The van der Waals surface area contributed by atoms with Crippen molar-refractivity contribution < 1.29 is 19.7 Å². The number of terminal acetylenes is 1. The number of hydrogen-bond donors (Lipinski definition) is 2. The van der Waals surface area contributed by atoms with Gasteiger partial charge in [-0.2, -0.15) is 0 Å². The molecule has 92 valence electrons. The molecule has 0 aromatic carbocycles. The maximum atomic E-state index is 11.6. The molecule has 0 heterocycles. The van der Waals surface area contributed by atoms with E-state index in [9.17, 15) is 9.90 Å². The Kier molecular flexibility index (Phi) is 5.86. The fourth-order valence-corrected chi connectivity index (χ4v) is 0.952. The van der Waals surface area contributed by atoms with Gasteiger partial charge in [0.2, 0.25) is 0 Å². The number of aliphatic hydroxyl groups is 2. The largest absolute Gasteiger partial charge is 0.444 e. The first-order valence-electron chi connectivity index (χ1n) is 5.00. The minimum Gasteiger partial charge on any atom is -0.444 e. The zero-order valence-corrected chi connectivity index (χ0v) is 9.93. The number of carbonyl (C=O) groups is 1. The summed E-state index contributed by atoms with van der Waals surface area (Å²) in [7, 11) is 0. The molecule has 0 unspecified atom stereocenters. The van der Waals surface area contributed by atoms with Crippen LogP contribution in [0.1, 0.15) is 20.8 Å². The Morgan fingerprint density at radius 1 is 1.56 bits per heavy atom. The summed E-state index contributed by atoms with van der Waals surface area (Å²) in [6.45, 7) is 4.77. The van der Waals surface area contributed by atoms with Crippen molar-refractivity contribution in [3.8, 4) is 12.3 Å². The molecule has 5 heteroatoms. The molecule has 0 radical (unpaired) electrons. The van der Waals surface area contributed by atoms with Crippen LogP contribution in [0.25, 0.3) is 0 Å². The lowest BCUT2D eigenvalue weighted by Gasteiger charge is -2.27. The van der Waals surface area contributed by atoms with E-state index in [1.54, 1.807) is 20.8 Å². The molecule has 0 saturated heterocycles. The SMILES string of the molecule is C#CCN(C[C@H](O)CO)C(=O)OC(C)(C)C. The van der Waals surface area contributed by atoms with Gasteiger partial charge in [0.05, 0.1) is 25.8 Å². The molecule has 1 amide bonds. The van der Waals surface area contributed by atoms with Crippen molar-refractivity contribution in [3.63, 3.8) is 0 Å². The van der Waals surface area contributed by atoms with Crippen LogP contribution in [0.3, 0.4) is 0 Å². The van der Waals surface area contributed by atoms with Crippen molar-refractivity contribution >= 4 is 6.09 Å². The highest BCUT2D eigenvalue weighted by Gasteiger charge is 2.23. The smallest absolute Gasteiger partial charge is 0.411 e. The first-order chi connectivity index (χ1) is 7.30. The molecule has 0 aromatic heterocycles. The lowest BCUT2D eigenvalue weighted by molar-refractivity contribution is 0.0107. The van der Waals surface area contributed by atoms with Gasteiger partial charge in [-0.25, -0.2) is 4.79 Å². The van der Waals surface area contributed by atoms with Crippen LogP contribution in [-0.2, 0) is 4.74 Å². The van der Waals surface area contributed by atoms with Crippen LogP contribution in [-0.4, -0.2) is 52.6 Å². The molecule has 0 aliphatic heterocycles.